The first-order valence-corrected chi connectivity index (χ1v) is 5.51. The van der Waals surface area contributed by atoms with Crippen molar-refractivity contribution in [3.05, 3.63) is 40.7 Å². The monoisotopic (exact) mass is 262 g/mol. The molecule has 0 atom stereocenters. The predicted molar refractivity (Wildman–Crippen MR) is 66.0 cm³/mol. The molecule has 0 spiro atoms. The summed E-state index contributed by atoms with van der Waals surface area (Å²) < 4.78 is 0. The number of rotatable bonds is 1. The summed E-state index contributed by atoms with van der Waals surface area (Å²) in [7, 11) is 0. The van der Waals surface area contributed by atoms with Gasteiger partial charge in [0.05, 0.1) is 5.57 Å². The molecule has 1 aliphatic rings. The van der Waals surface area contributed by atoms with Gasteiger partial charge >= 0.3 is 0 Å². The Labute approximate surface area is 106 Å². The molecule has 2 heterocycles. The van der Waals surface area contributed by atoms with E-state index in [4.69, 9.17) is 11.6 Å². The van der Waals surface area contributed by atoms with E-state index in [0.717, 1.165) is 5.52 Å². The maximum atomic E-state index is 11.6. The van der Waals surface area contributed by atoms with Gasteiger partial charge in [-0.1, -0.05) is 17.7 Å². The number of aromatic nitrogens is 1. The molecule has 0 radical (unpaired) electrons. The Kier molecular flexibility index (Phi) is 2.18. The maximum Gasteiger partial charge on any atom is 0.293 e. The molecule has 6 heteroatoms. The average Bonchev–Trinajstić information content (AvgIpc) is 2.81. The number of aliphatic hydroxyl groups is 1. The number of aliphatic hydroxyl groups excluding tert-OH is 1. The highest BCUT2D eigenvalue weighted by Crippen LogP contribution is 2.30. The molecule has 2 aromatic rings. The van der Waals surface area contributed by atoms with Crippen LogP contribution in [0.15, 0.2) is 30.2 Å². The summed E-state index contributed by atoms with van der Waals surface area (Å²) in [5.41, 5.74) is 1.18. The number of hydrogen-bond donors (Lipinski definition) is 3. The second kappa shape index (κ2) is 3.61. The van der Waals surface area contributed by atoms with Crippen LogP contribution in [0.3, 0.4) is 0 Å². The molecule has 2 amide bonds. The molecule has 90 valence electrons. The van der Waals surface area contributed by atoms with Gasteiger partial charge in [0.15, 0.2) is 5.76 Å². The lowest BCUT2D eigenvalue weighted by molar-refractivity contribution is -0.124. The molecule has 0 bridgehead atoms. The van der Waals surface area contributed by atoms with Gasteiger partial charge in [0.1, 0.15) is 0 Å². The number of halogens is 1. The van der Waals surface area contributed by atoms with Crippen LogP contribution in [-0.4, -0.2) is 21.9 Å². The van der Waals surface area contributed by atoms with Crippen molar-refractivity contribution in [3.8, 4) is 0 Å². The molecule has 0 aliphatic carbocycles. The summed E-state index contributed by atoms with van der Waals surface area (Å²) in [5.74, 6) is -1.94. The fraction of sp³-hybridized carbons (Fsp3) is 0. The first kappa shape index (κ1) is 10.9. The van der Waals surface area contributed by atoms with Crippen LogP contribution in [0.2, 0.25) is 5.02 Å². The summed E-state index contributed by atoms with van der Waals surface area (Å²) in [6, 6.07) is 5.10. The van der Waals surface area contributed by atoms with E-state index < -0.39 is 17.6 Å². The van der Waals surface area contributed by atoms with E-state index in [-0.39, 0.29) is 5.57 Å². The van der Waals surface area contributed by atoms with Gasteiger partial charge < -0.3 is 10.1 Å². The third-order valence-electron chi connectivity index (χ3n) is 2.82. The van der Waals surface area contributed by atoms with Gasteiger partial charge in [0, 0.05) is 27.7 Å². The van der Waals surface area contributed by atoms with Crippen LogP contribution in [0.25, 0.3) is 16.5 Å². The number of imide groups is 1. The third-order valence-corrected chi connectivity index (χ3v) is 3.05. The molecule has 1 aliphatic heterocycles. The van der Waals surface area contributed by atoms with Crippen LogP contribution in [0.1, 0.15) is 5.56 Å². The van der Waals surface area contributed by atoms with Crippen molar-refractivity contribution < 1.29 is 14.7 Å². The smallest absolute Gasteiger partial charge is 0.293 e. The molecule has 5 nitrogen and oxygen atoms in total. The summed E-state index contributed by atoms with van der Waals surface area (Å²) in [6.45, 7) is 0. The van der Waals surface area contributed by atoms with Crippen LogP contribution in [0.4, 0.5) is 0 Å². The summed E-state index contributed by atoms with van der Waals surface area (Å²) in [6.07, 6.45) is 1.56. The molecular formula is C12H7ClN2O3. The molecular weight excluding hydrogens is 256 g/mol. The second-order valence-electron chi connectivity index (χ2n) is 3.90. The molecule has 0 fully saturated rings. The van der Waals surface area contributed by atoms with Crippen molar-refractivity contribution in [2.75, 3.05) is 0 Å². The molecule has 0 saturated heterocycles. The molecule has 0 unspecified atom stereocenters. The number of H-pyrrole nitrogens is 1. The quantitative estimate of drug-likeness (QED) is 0.685. The number of fused-ring (bicyclic) bond motifs is 1. The van der Waals surface area contributed by atoms with Crippen molar-refractivity contribution in [2.24, 2.45) is 0 Å². The predicted octanol–water partition coefficient (Wildman–Crippen LogP) is 1.75. The van der Waals surface area contributed by atoms with Gasteiger partial charge in [-0.3, -0.25) is 14.9 Å². The number of benzene rings is 1. The van der Waals surface area contributed by atoms with Crippen molar-refractivity contribution >= 4 is 39.9 Å². The lowest BCUT2D eigenvalue weighted by Crippen LogP contribution is -2.22. The minimum absolute atomic E-state index is 0.0198. The fourth-order valence-electron chi connectivity index (χ4n) is 2.00. The van der Waals surface area contributed by atoms with Gasteiger partial charge in [0.2, 0.25) is 0 Å². The van der Waals surface area contributed by atoms with E-state index in [1.807, 2.05) is 5.32 Å². The number of carbonyl (C=O) groups excluding carboxylic acids is 2. The van der Waals surface area contributed by atoms with Crippen LogP contribution >= 0.6 is 11.6 Å². The van der Waals surface area contributed by atoms with Crippen LogP contribution < -0.4 is 5.32 Å². The van der Waals surface area contributed by atoms with Crippen LogP contribution in [0.5, 0.6) is 0 Å². The highest BCUT2D eigenvalue weighted by molar-refractivity contribution is 6.36. The first-order chi connectivity index (χ1) is 8.58. The molecule has 3 N–H and O–H groups in total. The Bertz CT molecular complexity index is 730. The zero-order valence-corrected chi connectivity index (χ0v) is 9.71. The molecule has 1 aromatic heterocycles. The van der Waals surface area contributed by atoms with E-state index in [1.54, 1.807) is 24.4 Å². The van der Waals surface area contributed by atoms with Crippen LogP contribution in [0, 0.1) is 0 Å². The standard InChI is InChI=1S/C12H7ClN2O3/c13-5-1-2-6-7(4-14-8(6)3-5)9-10(16)12(18)15-11(9)17/h1-4,14H,(H2,15,16,17,18). The first-order valence-electron chi connectivity index (χ1n) is 5.14. The number of nitrogens with one attached hydrogen (secondary N) is 2. The fourth-order valence-corrected chi connectivity index (χ4v) is 2.17. The number of hydrogen-bond acceptors (Lipinski definition) is 3. The van der Waals surface area contributed by atoms with Gasteiger partial charge in [-0.15, -0.1) is 0 Å². The van der Waals surface area contributed by atoms with Crippen LogP contribution in [-0.2, 0) is 9.59 Å². The van der Waals surface area contributed by atoms with Crippen molar-refractivity contribution in [3.63, 3.8) is 0 Å². The number of carbonyl (C=O) groups is 2. The van der Waals surface area contributed by atoms with Crippen molar-refractivity contribution in [1.29, 1.82) is 0 Å². The molecule has 0 saturated carbocycles. The minimum Gasteiger partial charge on any atom is -0.502 e. The second-order valence-corrected chi connectivity index (χ2v) is 4.34. The number of amides is 2. The Morgan fingerprint density at radius 2 is 1.94 bits per heavy atom. The van der Waals surface area contributed by atoms with Crippen molar-refractivity contribution in [1.82, 2.24) is 10.3 Å². The zero-order valence-electron chi connectivity index (χ0n) is 8.95. The van der Waals surface area contributed by atoms with E-state index in [1.165, 1.54) is 0 Å². The topological polar surface area (TPSA) is 82.2 Å². The summed E-state index contributed by atoms with van der Waals surface area (Å²) >= 11 is 5.85. The molecule has 1 aromatic carbocycles. The van der Waals surface area contributed by atoms with E-state index in [9.17, 15) is 14.7 Å². The van der Waals surface area contributed by atoms with Gasteiger partial charge in [0.25, 0.3) is 11.8 Å². The maximum absolute atomic E-state index is 11.6. The lowest BCUT2D eigenvalue weighted by Gasteiger charge is -1.98. The average molecular weight is 263 g/mol. The number of aromatic amines is 1. The zero-order chi connectivity index (χ0) is 12.9. The third kappa shape index (κ3) is 1.41. The van der Waals surface area contributed by atoms with Gasteiger partial charge in [-0.2, -0.15) is 0 Å². The SMILES string of the molecule is O=C1NC(=O)C(c2c[nH]c3cc(Cl)ccc23)=C1O. The minimum atomic E-state index is -0.779. The van der Waals surface area contributed by atoms with E-state index in [2.05, 4.69) is 4.98 Å². The summed E-state index contributed by atoms with van der Waals surface area (Å²) in [5, 5.41) is 12.9. The Morgan fingerprint density at radius 3 is 2.61 bits per heavy atom. The van der Waals surface area contributed by atoms with Gasteiger partial charge in [-0.05, 0) is 12.1 Å². The Balaban J connectivity index is 2.28. The summed E-state index contributed by atoms with van der Waals surface area (Å²) in [4.78, 5) is 25.8. The Morgan fingerprint density at radius 1 is 1.17 bits per heavy atom. The highest BCUT2D eigenvalue weighted by atomic mass is 35.5. The van der Waals surface area contributed by atoms with Crippen molar-refractivity contribution in [2.45, 2.75) is 0 Å². The van der Waals surface area contributed by atoms with Gasteiger partial charge in [-0.25, -0.2) is 0 Å². The molecule has 18 heavy (non-hydrogen) atoms. The van der Waals surface area contributed by atoms with E-state index in [0.29, 0.717) is 16.0 Å². The highest BCUT2D eigenvalue weighted by Gasteiger charge is 2.32. The lowest BCUT2D eigenvalue weighted by atomic mass is 10.0. The molecule has 3 rings (SSSR count). The largest absolute Gasteiger partial charge is 0.502 e. The normalized spacial score (nSPS) is 15.6. The van der Waals surface area contributed by atoms with E-state index >= 15 is 0 Å². The Hall–Kier alpha value is -2.27.